The molecule has 1 heterocycles. The van der Waals surface area contributed by atoms with E-state index in [0.29, 0.717) is 10.6 Å². The summed E-state index contributed by atoms with van der Waals surface area (Å²) in [5, 5.41) is 12.3. The van der Waals surface area contributed by atoms with Gasteiger partial charge in [0.05, 0.1) is 0 Å². The first-order chi connectivity index (χ1) is 9.20. The van der Waals surface area contributed by atoms with Crippen molar-refractivity contribution in [1.29, 1.82) is 5.26 Å². The van der Waals surface area contributed by atoms with Crippen LogP contribution in [0.5, 0.6) is 0 Å². The second kappa shape index (κ2) is 7.63. The number of benzene rings is 1. The van der Waals surface area contributed by atoms with Gasteiger partial charge in [-0.1, -0.05) is 17.7 Å². The zero-order valence-electron chi connectivity index (χ0n) is 10.3. The fraction of sp³-hybridized carbons (Fsp3) is 0.0714. The number of carbonyl (C=O) groups excluding carboxylic acids is 1. The van der Waals surface area contributed by atoms with Crippen LogP contribution in [0.3, 0.4) is 0 Å². The van der Waals surface area contributed by atoms with Crippen molar-refractivity contribution in [1.82, 2.24) is 5.32 Å². The van der Waals surface area contributed by atoms with Gasteiger partial charge in [-0.3, -0.25) is 10.1 Å². The number of aromatic nitrogens is 1. The smallest absolute Gasteiger partial charge is 0.322 e. The molecule has 0 saturated heterocycles. The number of halogens is 2. The van der Waals surface area contributed by atoms with Crippen LogP contribution in [-0.2, 0) is 0 Å². The number of nitrogens with zero attached hydrogens (tertiary/aromatic N) is 2. The van der Waals surface area contributed by atoms with Gasteiger partial charge in [-0.05, 0) is 24.3 Å². The summed E-state index contributed by atoms with van der Waals surface area (Å²) in [6.07, 6.45) is 2.69. The average Bonchev–Trinajstić information content (AvgIpc) is 2.46. The van der Waals surface area contributed by atoms with Crippen LogP contribution < -0.4 is 26.9 Å². The van der Waals surface area contributed by atoms with E-state index >= 15 is 0 Å². The summed E-state index contributed by atoms with van der Waals surface area (Å²) in [5.41, 5.74) is 0.459. The van der Waals surface area contributed by atoms with Gasteiger partial charge < -0.3 is 17.0 Å². The molecule has 0 saturated carbocycles. The molecule has 1 N–H and O–H groups in total. The van der Waals surface area contributed by atoms with Crippen molar-refractivity contribution in [2.24, 2.45) is 0 Å². The summed E-state index contributed by atoms with van der Waals surface area (Å²) in [4.78, 5) is 12.0. The van der Waals surface area contributed by atoms with E-state index in [1.165, 1.54) is 0 Å². The van der Waals surface area contributed by atoms with Crippen LogP contribution in [0.1, 0.15) is 16.5 Å². The van der Waals surface area contributed by atoms with E-state index in [-0.39, 0.29) is 22.9 Å². The van der Waals surface area contributed by atoms with Crippen LogP contribution in [0, 0.1) is 11.3 Å². The van der Waals surface area contributed by atoms with Crippen molar-refractivity contribution >= 4 is 17.5 Å². The summed E-state index contributed by atoms with van der Waals surface area (Å²) in [5.74, 6) is -0.320. The minimum atomic E-state index is -0.746. The van der Waals surface area contributed by atoms with E-state index in [0.717, 1.165) is 0 Å². The molecule has 1 aromatic carbocycles. The zero-order chi connectivity index (χ0) is 13.7. The molecule has 1 unspecified atom stereocenters. The highest BCUT2D eigenvalue weighted by atomic mass is 79.9. The molecule has 2 aromatic rings. The summed E-state index contributed by atoms with van der Waals surface area (Å²) in [6.45, 7) is 0. The highest BCUT2D eigenvalue weighted by Gasteiger charge is 2.20. The van der Waals surface area contributed by atoms with Crippen molar-refractivity contribution in [3.63, 3.8) is 0 Å². The molecule has 1 atom stereocenters. The molecule has 1 amide bonds. The van der Waals surface area contributed by atoms with Crippen molar-refractivity contribution in [2.45, 2.75) is 6.17 Å². The summed E-state index contributed by atoms with van der Waals surface area (Å²) in [7, 11) is 0. The average molecular weight is 353 g/mol. The summed E-state index contributed by atoms with van der Waals surface area (Å²) >= 11 is 5.76. The molecule has 1 aromatic heterocycles. The zero-order valence-corrected chi connectivity index (χ0v) is 12.7. The third-order valence-electron chi connectivity index (χ3n) is 2.53. The fourth-order valence-electron chi connectivity index (χ4n) is 1.57. The Labute approximate surface area is 132 Å². The van der Waals surface area contributed by atoms with Crippen molar-refractivity contribution in [3.05, 3.63) is 65.4 Å². The van der Waals surface area contributed by atoms with Gasteiger partial charge in [0.25, 0.3) is 5.91 Å². The Hall–Kier alpha value is -1.90. The van der Waals surface area contributed by atoms with Gasteiger partial charge in [-0.2, -0.15) is 9.83 Å². The summed E-state index contributed by atoms with van der Waals surface area (Å²) < 4.78 is 1.62. The molecule has 0 aliphatic carbocycles. The van der Waals surface area contributed by atoms with Gasteiger partial charge in [-0.25, -0.2) is 0 Å². The van der Waals surface area contributed by atoms with Gasteiger partial charge in [0.1, 0.15) is 0 Å². The molecule has 0 bridgehead atoms. The number of hydrogen-bond donors (Lipinski definition) is 1. The lowest BCUT2D eigenvalue weighted by molar-refractivity contribution is -0.713. The molecule has 0 radical (unpaired) electrons. The van der Waals surface area contributed by atoms with Gasteiger partial charge in [0.2, 0.25) is 0 Å². The normalized spacial score (nSPS) is 10.8. The predicted molar refractivity (Wildman–Crippen MR) is 70.2 cm³/mol. The Morgan fingerprint density at radius 3 is 2.35 bits per heavy atom. The lowest BCUT2D eigenvalue weighted by Crippen LogP contribution is -3.00. The van der Waals surface area contributed by atoms with Crippen LogP contribution in [0.15, 0.2) is 54.9 Å². The maximum atomic E-state index is 12.0. The molecule has 20 heavy (non-hydrogen) atoms. The van der Waals surface area contributed by atoms with E-state index in [1.54, 1.807) is 53.4 Å². The van der Waals surface area contributed by atoms with E-state index in [2.05, 4.69) is 5.32 Å². The first-order valence-electron chi connectivity index (χ1n) is 5.62. The molecule has 0 aliphatic rings. The number of pyridine rings is 1. The second-order valence-electron chi connectivity index (χ2n) is 3.83. The highest BCUT2D eigenvalue weighted by molar-refractivity contribution is 6.30. The Morgan fingerprint density at radius 2 is 1.80 bits per heavy atom. The van der Waals surface area contributed by atoms with Crippen molar-refractivity contribution in [3.8, 4) is 6.07 Å². The van der Waals surface area contributed by atoms with Crippen LogP contribution >= 0.6 is 11.6 Å². The van der Waals surface area contributed by atoms with E-state index < -0.39 is 6.17 Å². The first-order valence-corrected chi connectivity index (χ1v) is 6.00. The van der Waals surface area contributed by atoms with Gasteiger partial charge in [-0.15, -0.1) is 0 Å². The Bertz CT molecular complexity index is 611. The molecule has 0 spiro atoms. The molecule has 4 nitrogen and oxygen atoms in total. The second-order valence-corrected chi connectivity index (χ2v) is 4.27. The lowest BCUT2D eigenvalue weighted by Gasteiger charge is -2.07. The van der Waals surface area contributed by atoms with Gasteiger partial charge >= 0.3 is 6.17 Å². The molecule has 2 rings (SSSR count). The Balaban J connectivity index is 0.00000200. The monoisotopic (exact) mass is 351 g/mol. The minimum Gasteiger partial charge on any atom is -1.00 e. The number of amides is 1. The van der Waals surface area contributed by atoms with Crippen LogP contribution in [0.4, 0.5) is 0 Å². The van der Waals surface area contributed by atoms with Crippen molar-refractivity contribution in [2.75, 3.05) is 0 Å². The molecular weight excluding hydrogens is 342 g/mol. The number of carbonyl (C=O) groups is 1. The summed E-state index contributed by atoms with van der Waals surface area (Å²) in [6, 6.07) is 13.9. The van der Waals surface area contributed by atoms with E-state index in [9.17, 15) is 4.79 Å². The number of nitrogens with one attached hydrogen (secondary N) is 1. The maximum Gasteiger partial charge on any atom is 0.322 e. The first kappa shape index (κ1) is 16.2. The molecular formula is C14H11BrClN3O. The molecule has 0 fully saturated rings. The Morgan fingerprint density at radius 1 is 1.20 bits per heavy atom. The van der Waals surface area contributed by atoms with E-state index in [4.69, 9.17) is 16.9 Å². The third kappa shape index (κ3) is 4.05. The van der Waals surface area contributed by atoms with Crippen LogP contribution in [0.2, 0.25) is 5.02 Å². The topological polar surface area (TPSA) is 56.8 Å². The third-order valence-corrected chi connectivity index (χ3v) is 2.79. The number of nitriles is 1. The van der Waals surface area contributed by atoms with Gasteiger partial charge in [0, 0.05) is 22.7 Å². The minimum absolute atomic E-state index is 0. The SMILES string of the molecule is N#CC(NC(=O)c1ccc(Cl)cc1)[n+]1ccccc1.[Br-]. The lowest BCUT2D eigenvalue weighted by atomic mass is 10.2. The molecule has 0 aliphatic heterocycles. The Kier molecular flexibility index (Phi) is 6.16. The fourth-order valence-corrected chi connectivity index (χ4v) is 1.69. The largest absolute Gasteiger partial charge is 1.00 e. The van der Waals surface area contributed by atoms with Crippen molar-refractivity contribution < 1.29 is 26.3 Å². The van der Waals surface area contributed by atoms with Gasteiger partial charge in [0.15, 0.2) is 18.5 Å². The quantitative estimate of drug-likeness (QED) is 0.727. The van der Waals surface area contributed by atoms with E-state index in [1.807, 2.05) is 12.1 Å². The molecule has 102 valence electrons. The van der Waals surface area contributed by atoms with Crippen LogP contribution in [-0.4, -0.2) is 5.91 Å². The number of rotatable bonds is 3. The standard InChI is InChI=1S/C14H10ClN3O.BrH/c15-12-6-4-11(5-7-12)14(19)17-13(10-16)18-8-2-1-3-9-18;/h1-9,13H;1H. The highest BCUT2D eigenvalue weighted by Crippen LogP contribution is 2.09. The molecule has 6 heteroatoms. The predicted octanol–water partition coefficient (Wildman–Crippen LogP) is -0.916. The maximum absolute atomic E-state index is 12.0. The van der Waals surface area contributed by atoms with Crippen LogP contribution in [0.25, 0.3) is 0 Å². The number of hydrogen-bond acceptors (Lipinski definition) is 2.